The zero-order chi connectivity index (χ0) is 23.1. The number of aryl methyl sites for hydroxylation is 2. The van der Waals surface area contributed by atoms with Crippen LogP contribution < -0.4 is 0 Å². The van der Waals surface area contributed by atoms with Crippen molar-refractivity contribution in [2.45, 2.75) is 64.2 Å². The zero-order valence-corrected chi connectivity index (χ0v) is 21.3. The van der Waals surface area contributed by atoms with Crippen molar-refractivity contribution in [2.24, 2.45) is 0 Å². The molecule has 5 rings (SSSR count). The van der Waals surface area contributed by atoms with Crippen molar-refractivity contribution in [3.05, 3.63) is 84.2 Å². The fraction of sp³-hybridized carbons (Fsp3) is 0.400. The summed E-state index contributed by atoms with van der Waals surface area (Å²) >= 11 is 3.39. The fourth-order valence-corrected chi connectivity index (χ4v) is 4.93. The van der Waals surface area contributed by atoms with Crippen molar-refractivity contribution < 1.29 is 5.11 Å². The van der Waals surface area contributed by atoms with Crippen molar-refractivity contribution in [2.75, 3.05) is 11.9 Å². The number of fused-ring (bicyclic) bond motifs is 5. The molecule has 1 heterocycles. The molecule has 0 unspecified atom stereocenters. The van der Waals surface area contributed by atoms with Crippen molar-refractivity contribution in [1.29, 1.82) is 0 Å². The number of aromatic nitrogens is 1. The van der Waals surface area contributed by atoms with Gasteiger partial charge in [0.1, 0.15) is 0 Å². The van der Waals surface area contributed by atoms with Crippen LogP contribution in [0.25, 0.3) is 21.5 Å². The second kappa shape index (κ2) is 14.9. The highest BCUT2D eigenvalue weighted by atomic mass is 79.9. The predicted octanol–water partition coefficient (Wildman–Crippen LogP) is 8.60. The molecule has 0 saturated heterocycles. The van der Waals surface area contributed by atoms with Gasteiger partial charge in [-0.2, -0.15) is 0 Å². The maximum absolute atomic E-state index is 8.46. The lowest BCUT2D eigenvalue weighted by molar-refractivity contribution is 0.282. The number of aliphatic hydroxyl groups is 1. The summed E-state index contributed by atoms with van der Waals surface area (Å²) in [6.07, 6.45) is 16.4. The van der Waals surface area contributed by atoms with Crippen molar-refractivity contribution >= 4 is 37.5 Å². The first-order chi connectivity index (χ1) is 16.3. The van der Waals surface area contributed by atoms with Crippen LogP contribution in [0.5, 0.6) is 0 Å². The van der Waals surface area contributed by atoms with E-state index in [9.17, 15) is 0 Å². The van der Waals surface area contributed by atoms with Crippen LogP contribution in [-0.4, -0.2) is 22.0 Å². The first kappa shape index (κ1) is 25.5. The molecule has 0 amide bonds. The number of hydrogen-bond donors (Lipinski definition) is 2. The molecule has 0 spiro atoms. The van der Waals surface area contributed by atoms with Gasteiger partial charge in [0.2, 0.25) is 0 Å². The van der Waals surface area contributed by atoms with E-state index < -0.39 is 0 Å². The van der Waals surface area contributed by atoms with Gasteiger partial charge in [0.15, 0.2) is 0 Å². The Labute approximate surface area is 207 Å². The van der Waals surface area contributed by atoms with E-state index in [-0.39, 0.29) is 0 Å². The summed E-state index contributed by atoms with van der Waals surface area (Å²) in [6, 6.07) is 21.9. The van der Waals surface area contributed by atoms with Crippen LogP contribution in [0, 0.1) is 0 Å². The third-order valence-corrected chi connectivity index (χ3v) is 6.86. The van der Waals surface area contributed by atoms with Crippen LogP contribution in [-0.2, 0) is 12.8 Å². The highest BCUT2D eigenvalue weighted by Gasteiger charge is 2.13. The minimum atomic E-state index is 0.360. The number of rotatable bonds is 7. The molecule has 0 radical (unpaired) electrons. The summed E-state index contributed by atoms with van der Waals surface area (Å²) in [5, 5.41) is 15.2. The van der Waals surface area contributed by atoms with Gasteiger partial charge >= 0.3 is 0 Å². The summed E-state index contributed by atoms with van der Waals surface area (Å²) in [7, 11) is 0. The van der Waals surface area contributed by atoms with Crippen molar-refractivity contribution in [3.63, 3.8) is 0 Å². The standard InChI is InChI=1S/C18H16.C8H17BrO.C4H5N/c1-3-7-15-13(5-1)9-11-18-16-8-4-2-6-14(16)10-12-17(15)18;9-7-5-3-1-2-4-6-8-10;1-2-4-5-3-1/h1,3,5,7,9-12H,2,4,6,8H2;10H,1-8H2;1-5H. The molecule has 1 aliphatic carbocycles. The molecule has 2 N–H and O–H groups in total. The molecule has 0 bridgehead atoms. The van der Waals surface area contributed by atoms with Gasteiger partial charge in [-0.1, -0.05) is 90.1 Å². The average Bonchev–Trinajstić information content (AvgIpc) is 3.47. The van der Waals surface area contributed by atoms with Crippen LogP contribution >= 0.6 is 15.9 Å². The largest absolute Gasteiger partial charge is 0.396 e. The number of nitrogens with one attached hydrogen (secondary N) is 1. The molecule has 176 valence electrons. The lowest BCUT2D eigenvalue weighted by Crippen LogP contribution is -2.02. The lowest BCUT2D eigenvalue weighted by Gasteiger charge is -2.18. The summed E-state index contributed by atoms with van der Waals surface area (Å²) in [6.45, 7) is 0.360. The van der Waals surface area contributed by atoms with E-state index in [1.807, 2.05) is 24.5 Å². The number of benzene rings is 3. The average molecular weight is 509 g/mol. The Morgan fingerprint density at radius 2 is 1.36 bits per heavy atom. The third-order valence-electron chi connectivity index (χ3n) is 6.30. The maximum Gasteiger partial charge on any atom is 0.0431 e. The number of alkyl halides is 1. The summed E-state index contributed by atoms with van der Waals surface area (Å²) in [5.74, 6) is 0. The molecule has 3 aromatic carbocycles. The second-order valence-corrected chi connectivity index (χ2v) is 9.50. The van der Waals surface area contributed by atoms with Crippen molar-refractivity contribution in [1.82, 2.24) is 4.98 Å². The first-order valence-electron chi connectivity index (χ1n) is 12.5. The predicted molar refractivity (Wildman–Crippen MR) is 147 cm³/mol. The van der Waals surface area contributed by atoms with Crippen LogP contribution in [0.15, 0.2) is 73.1 Å². The van der Waals surface area contributed by atoms with Gasteiger partial charge in [-0.15, -0.1) is 0 Å². The Bertz CT molecular complexity index is 1030. The molecule has 0 atom stereocenters. The molecule has 4 aromatic rings. The van der Waals surface area contributed by atoms with Crippen LogP contribution in [0.4, 0.5) is 0 Å². The number of aliphatic hydroxyl groups excluding tert-OH is 1. The Kier molecular flexibility index (Phi) is 11.5. The van der Waals surface area contributed by atoms with Gasteiger partial charge in [-0.3, -0.25) is 0 Å². The van der Waals surface area contributed by atoms with Crippen molar-refractivity contribution in [3.8, 4) is 0 Å². The Morgan fingerprint density at radius 1 is 0.667 bits per heavy atom. The van der Waals surface area contributed by atoms with Crippen LogP contribution in [0.1, 0.15) is 62.5 Å². The Hall–Kier alpha value is -2.10. The van der Waals surface area contributed by atoms with Crippen LogP contribution in [0.2, 0.25) is 0 Å². The molecule has 33 heavy (non-hydrogen) atoms. The number of unbranched alkanes of at least 4 members (excludes halogenated alkanes) is 5. The molecular formula is C30H38BrNO. The molecular weight excluding hydrogens is 470 g/mol. The molecule has 1 aliphatic rings. The van der Waals surface area contributed by atoms with Gasteiger partial charge in [0.05, 0.1) is 0 Å². The van der Waals surface area contributed by atoms with E-state index in [0.717, 1.165) is 11.8 Å². The van der Waals surface area contributed by atoms with Crippen LogP contribution in [0.3, 0.4) is 0 Å². The normalized spacial score (nSPS) is 12.4. The molecule has 2 nitrogen and oxygen atoms in total. The molecule has 3 heteroatoms. The zero-order valence-electron chi connectivity index (χ0n) is 19.7. The third kappa shape index (κ3) is 8.01. The maximum atomic E-state index is 8.46. The van der Waals surface area contributed by atoms with Gasteiger partial charge in [-0.05, 0) is 83.3 Å². The van der Waals surface area contributed by atoms with E-state index in [4.69, 9.17) is 5.11 Å². The molecule has 1 aromatic heterocycles. The van der Waals surface area contributed by atoms with E-state index in [2.05, 4.69) is 69.4 Å². The summed E-state index contributed by atoms with van der Waals surface area (Å²) in [5.41, 5.74) is 3.17. The fourth-order valence-electron chi connectivity index (χ4n) is 4.53. The highest BCUT2D eigenvalue weighted by Crippen LogP contribution is 2.33. The second-order valence-electron chi connectivity index (χ2n) is 8.71. The van der Waals surface area contributed by atoms with E-state index in [1.54, 1.807) is 11.1 Å². The summed E-state index contributed by atoms with van der Waals surface area (Å²) in [4.78, 5) is 2.86. The SMILES string of the molecule is OCCCCCCCCBr.c1cc[nH]c1.c1ccc2c(c1)ccc1c3c(ccc12)CCCC3. The van der Waals surface area contributed by atoms with E-state index >= 15 is 0 Å². The molecule has 0 saturated carbocycles. The number of aromatic amines is 1. The Balaban J connectivity index is 0.000000172. The molecule has 0 aliphatic heterocycles. The van der Waals surface area contributed by atoms with Gasteiger partial charge in [0.25, 0.3) is 0 Å². The summed E-state index contributed by atoms with van der Waals surface area (Å²) < 4.78 is 0. The lowest BCUT2D eigenvalue weighted by atomic mass is 9.86. The number of hydrogen-bond acceptors (Lipinski definition) is 1. The van der Waals surface area contributed by atoms with Gasteiger partial charge in [-0.25, -0.2) is 0 Å². The van der Waals surface area contributed by atoms with E-state index in [0.29, 0.717) is 6.61 Å². The van der Waals surface area contributed by atoms with E-state index in [1.165, 1.54) is 79.3 Å². The smallest absolute Gasteiger partial charge is 0.0431 e. The van der Waals surface area contributed by atoms with Gasteiger partial charge < -0.3 is 10.1 Å². The van der Waals surface area contributed by atoms with Gasteiger partial charge in [0, 0.05) is 24.3 Å². The highest BCUT2D eigenvalue weighted by molar-refractivity contribution is 9.09. The minimum absolute atomic E-state index is 0.360. The molecule has 0 fully saturated rings. The number of H-pyrrole nitrogens is 1. The Morgan fingerprint density at radius 3 is 2.09 bits per heavy atom. The quantitative estimate of drug-likeness (QED) is 0.146. The minimum Gasteiger partial charge on any atom is -0.396 e. The first-order valence-corrected chi connectivity index (χ1v) is 13.6. The topological polar surface area (TPSA) is 36.0 Å². The number of halogens is 1. The monoisotopic (exact) mass is 507 g/mol.